The Morgan fingerprint density at radius 2 is 2.18 bits per heavy atom. The lowest BCUT2D eigenvalue weighted by molar-refractivity contribution is 0.0487. The molecule has 100 valence electrons. The van der Waals surface area contributed by atoms with Crippen molar-refractivity contribution in [3.8, 4) is 0 Å². The zero-order valence-electron chi connectivity index (χ0n) is 11.7. The zero-order chi connectivity index (χ0) is 12.3. The van der Waals surface area contributed by atoms with E-state index in [1.165, 1.54) is 51.9 Å². The first kappa shape index (κ1) is 13.7. The third-order valence-corrected chi connectivity index (χ3v) is 5.64. The van der Waals surface area contributed by atoms with Gasteiger partial charge in [0.2, 0.25) is 0 Å². The third-order valence-electron chi connectivity index (χ3n) is 4.60. The number of hydrogen-bond donors (Lipinski definition) is 0. The van der Waals surface area contributed by atoms with Gasteiger partial charge in [0.15, 0.2) is 0 Å². The largest absolute Gasteiger partial charge is 0.298 e. The van der Waals surface area contributed by atoms with Crippen LogP contribution in [0.3, 0.4) is 0 Å². The summed E-state index contributed by atoms with van der Waals surface area (Å²) in [6.07, 6.45) is 7.76. The van der Waals surface area contributed by atoms with Gasteiger partial charge in [-0.2, -0.15) is 11.8 Å². The number of rotatable bonds is 5. The normalized spacial score (nSPS) is 32.6. The molecule has 0 aromatic carbocycles. The van der Waals surface area contributed by atoms with Gasteiger partial charge in [0.25, 0.3) is 0 Å². The summed E-state index contributed by atoms with van der Waals surface area (Å²) in [7, 11) is 0. The van der Waals surface area contributed by atoms with Gasteiger partial charge in [0.05, 0.1) is 0 Å². The molecular weight excluding hydrogens is 228 g/mol. The Balaban J connectivity index is 1.85. The molecule has 0 N–H and O–H groups in total. The fraction of sp³-hybridized carbons (Fsp3) is 1.00. The van der Waals surface area contributed by atoms with Gasteiger partial charge in [-0.1, -0.05) is 13.8 Å². The predicted octanol–water partition coefficient (Wildman–Crippen LogP) is 2.69. The summed E-state index contributed by atoms with van der Waals surface area (Å²) in [5, 5.41) is 0.814. The minimum atomic E-state index is 0.814. The van der Waals surface area contributed by atoms with E-state index in [0.717, 1.165) is 17.3 Å². The third kappa shape index (κ3) is 3.39. The van der Waals surface area contributed by atoms with Crippen molar-refractivity contribution < 1.29 is 0 Å². The Kier molecular flexibility index (Phi) is 5.19. The van der Waals surface area contributed by atoms with Gasteiger partial charge in [-0.15, -0.1) is 0 Å². The van der Waals surface area contributed by atoms with Crippen molar-refractivity contribution in [3.05, 3.63) is 0 Å². The SMILES string of the molecule is CCC1CN2CCCC2CN1CCC(C)SC. The smallest absolute Gasteiger partial charge is 0.0224 e. The van der Waals surface area contributed by atoms with E-state index >= 15 is 0 Å². The highest BCUT2D eigenvalue weighted by Gasteiger charge is 2.35. The van der Waals surface area contributed by atoms with Crippen molar-refractivity contribution in [2.75, 3.05) is 32.4 Å². The van der Waals surface area contributed by atoms with Crippen LogP contribution in [0.2, 0.25) is 0 Å². The number of piperazine rings is 1. The van der Waals surface area contributed by atoms with Gasteiger partial charge in [-0.05, 0) is 45.0 Å². The summed E-state index contributed by atoms with van der Waals surface area (Å²) in [4.78, 5) is 5.52. The van der Waals surface area contributed by atoms with Gasteiger partial charge in [0, 0.05) is 30.4 Å². The highest BCUT2D eigenvalue weighted by Crippen LogP contribution is 2.26. The highest BCUT2D eigenvalue weighted by molar-refractivity contribution is 7.99. The number of fused-ring (bicyclic) bond motifs is 1. The van der Waals surface area contributed by atoms with E-state index in [4.69, 9.17) is 0 Å². The summed E-state index contributed by atoms with van der Waals surface area (Å²) < 4.78 is 0. The van der Waals surface area contributed by atoms with Crippen molar-refractivity contribution in [1.29, 1.82) is 0 Å². The lowest BCUT2D eigenvalue weighted by atomic mass is 10.0. The van der Waals surface area contributed by atoms with Crippen LogP contribution >= 0.6 is 11.8 Å². The second-order valence-corrected chi connectivity index (χ2v) is 6.96. The molecule has 2 saturated heterocycles. The zero-order valence-corrected chi connectivity index (χ0v) is 12.5. The topological polar surface area (TPSA) is 6.48 Å². The van der Waals surface area contributed by atoms with Crippen molar-refractivity contribution in [3.63, 3.8) is 0 Å². The van der Waals surface area contributed by atoms with E-state index in [2.05, 4.69) is 29.9 Å². The van der Waals surface area contributed by atoms with E-state index in [1.54, 1.807) is 0 Å². The van der Waals surface area contributed by atoms with Crippen LogP contribution < -0.4 is 0 Å². The minimum Gasteiger partial charge on any atom is -0.298 e. The van der Waals surface area contributed by atoms with Crippen LogP contribution in [-0.4, -0.2) is 59.6 Å². The van der Waals surface area contributed by atoms with Crippen molar-refractivity contribution in [2.24, 2.45) is 0 Å². The second-order valence-electron chi connectivity index (χ2n) is 5.68. The van der Waals surface area contributed by atoms with Crippen molar-refractivity contribution >= 4 is 11.8 Å². The molecule has 2 fully saturated rings. The van der Waals surface area contributed by atoms with Crippen LogP contribution in [0.25, 0.3) is 0 Å². The Labute approximate surface area is 111 Å². The molecule has 2 heterocycles. The minimum absolute atomic E-state index is 0.814. The summed E-state index contributed by atoms with van der Waals surface area (Å²) in [5.74, 6) is 0. The Bertz CT molecular complexity index is 234. The average molecular weight is 256 g/mol. The molecule has 2 aliphatic heterocycles. The van der Waals surface area contributed by atoms with Crippen LogP contribution in [0, 0.1) is 0 Å². The molecule has 0 aromatic heterocycles. The molecule has 3 atom stereocenters. The maximum atomic E-state index is 2.78. The molecule has 0 saturated carbocycles. The first-order valence-corrected chi connectivity index (χ1v) is 8.54. The van der Waals surface area contributed by atoms with Gasteiger partial charge < -0.3 is 0 Å². The number of hydrogen-bond acceptors (Lipinski definition) is 3. The molecule has 0 amide bonds. The summed E-state index contributed by atoms with van der Waals surface area (Å²) >= 11 is 2.00. The lowest BCUT2D eigenvalue weighted by Gasteiger charge is -2.43. The lowest BCUT2D eigenvalue weighted by Crippen LogP contribution is -2.56. The molecule has 0 spiro atoms. The Hall–Kier alpha value is 0.270. The summed E-state index contributed by atoms with van der Waals surface area (Å²) in [6.45, 7) is 10.0. The van der Waals surface area contributed by atoms with Crippen molar-refractivity contribution in [1.82, 2.24) is 9.80 Å². The first-order valence-electron chi connectivity index (χ1n) is 7.25. The standard InChI is InChI=1S/C14H28N2S/c1-4-13-10-15-8-5-6-14(15)11-16(13)9-7-12(2)17-3/h12-14H,4-11H2,1-3H3. The van der Waals surface area contributed by atoms with Gasteiger partial charge in [-0.25, -0.2) is 0 Å². The van der Waals surface area contributed by atoms with E-state index in [0.29, 0.717) is 0 Å². The maximum Gasteiger partial charge on any atom is 0.0224 e. The van der Waals surface area contributed by atoms with Crippen LogP contribution in [-0.2, 0) is 0 Å². The average Bonchev–Trinajstić information content (AvgIpc) is 2.81. The van der Waals surface area contributed by atoms with E-state index in [-0.39, 0.29) is 0 Å². The van der Waals surface area contributed by atoms with E-state index < -0.39 is 0 Å². The summed E-state index contributed by atoms with van der Waals surface area (Å²) in [6, 6.07) is 1.70. The maximum absolute atomic E-state index is 2.78. The molecular formula is C14H28N2S. The van der Waals surface area contributed by atoms with Crippen LogP contribution in [0.4, 0.5) is 0 Å². The number of nitrogens with zero attached hydrogens (tertiary/aromatic N) is 2. The monoisotopic (exact) mass is 256 g/mol. The van der Waals surface area contributed by atoms with E-state index in [9.17, 15) is 0 Å². The van der Waals surface area contributed by atoms with Crippen LogP contribution in [0.15, 0.2) is 0 Å². The summed E-state index contributed by atoms with van der Waals surface area (Å²) in [5.41, 5.74) is 0. The molecule has 0 aliphatic carbocycles. The molecule has 0 aromatic rings. The molecule has 0 radical (unpaired) electrons. The molecule has 17 heavy (non-hydrogen) atoms. The number of thioether (sulfide) groups is 1. The fourth-order valence-corrected chi connectivity index (χ4v) is 3.62. The first-order chi connectivity index (χ1) is 8.24. The Morgan fingerprint density at radius 1 is 1.35 bits per heavy atom. The molecule has 3 heteroatoms. The fourth-order valence-electron chi connectivity index (χ4n) is 3.27. The highest BCUT2D eigenvalue weighted by atomic mass is 32.2. The predicted molar refractivity (Wildman–Crippen MR) is 77.8 cm³/mol. The van der Waals surface area contributed by atoms with E-state index in [1.807, 2.05) is 11.8 Å². The molecule has 2 rings (SSSR count). The molecule has 3 unspecified atom stereocenters. The van der Waals surface area contributed by atoms with Gasteiger partial charge >= 0.3 is 0 Å². The molecule has 2 aliphatic rings. The Morgan fingerprint density at radius 3 is 2.88 bits per heavy atom. The molecule has 2 nitrogen and oxygen atoms in total. The quantitative estimate of drug-likeness (QED) is 0.747. The second kappa shape index (κ2) is 6.44. The van der Waals surface area contributed by atoms with Crippen LogP contribution in [0.1, 0.15) is 39.5 Å². The molecule has 0 bridgehead atoms. The van der Waals surface area contributed by atoms with Crippen LogP contribution in [0.5, 0.6) is 0 Å². The van der Waals surface area contributed by atoms with Gasteiger partial charge in [0.1, 0.15) is 0 Å². The van der Waals surface area contributed by atoms with Crippen molar-refractivity contribution in [2.45, 2.75) is 56.9 Å². The van der Waals surface area contributed by atoms with Gasteiger partial charge in [-0.3, -0.25) is 9.80 Å².